The van der Waals surface area contributed by atoms with Gasteiger partial charge in [0.2, 0.25) is 0 Å². The van der Waals surface area contributed by atoms with Gasteiger partial charge < -0.3 is 10.1 Å². The molecule has 0 aliphatic heterocycles. The van der Waals surface area contributed by atoms with E-state index in [-0.39, 0.29) is 23.9 Å². The van der Waals surface area contributed by atoms with Crippen molar-refractivity contribution in [3.8, 4) is 0 Å². The van der Waals surface area contributed by atoms with Crippen molar-refractivity contribution in [1.82, 2.24) is 14.9 Å². The lowest BCUT2D eigenvalue weighted by Gasteiger charge is -2.08. The van der Waals surface area contributed by atoms with Gasteiger partial charge in [0.05, 0.1) is 35.4 Å². The summed E-state index contributed by atoms with van der Waals surface area (Å²) in [6.07, 6.45) is 2.34. The summed E-state index contributed by atoms with van der Waals surface area (Å²) in [5.74, 6) is -0.382. The normalized spacial score (nSPS) is 10.9. The minimum Gasteiger partial charge on any atom is -0.466 e. The fourth-order valence-corrected chi connectivity index (χ4v) is 2.80. The molecule has 0 spiro atoms. The van der Waals surface area contributed by atoms with Crippen LogP contribution in [-0.2, 0) is 20.9 Å². The highest BCUT2D eigenvalue weighted by Gasteiger charge is 2.10. The SMILES string of the molecule is CC(=O)OCCCNCCC(=O)Cn1cnc2cc(Br)c(Cl)cc2c1=O. The molecule has 0 amide bonds. The Labute approximate surface area is 163 Å². The van der Waals surface area contributed by atoms with Gasteiger partial charge in [0.15, 0.2) is 5.78 Å². The maximum atomic E-state index is 12.5. The Hall–Kier alpha value is -1.77. The van der Waals surface area contributed by atoms with Crippen molar-refractivity contribution in [2.24, 2.45) is 0 Å². The molecule has 9 heteroatoms. The molecule has 0 aliphatic carbocycles. The first kappa shape index (κ1) is 20.5. The number of ether oxygens (including phenoxy) is 1. The molecular weight excluding hydrogens is 426 g/mol. The minimum atomic E-state index is -0.303. The second kappa shape index (κ2) is 9.80. The largest absolute Gasteiger partial charge is 0.466 e. The van der Waals surface area contributed by atoms with Crippen LogP contribution in [0.25, 0.3) is 10.9 Å². The van der Waals surface area contributed by atoms with Gasteiger partial charge in [-0.25, -0.2) is 4.98 Å². The highest BCUT2D eigenvalue weighted by Crippen LogP contribution is 2.25. The van der Waals surface area contributed by atoms with Crippen LogP contribution >= 0.6 is 27.5 Å². The Morgan fingerprint density at radius 3 is 2.85 bits per heavy atom. The molecule has 1 N–H and O–H groups in total. The molecule has 1 heterocycles. The average Bonchev–Trinajstić information content (AvgIpc) is 2.58. The van der Waals surface area contributed by atoms with Crippen LogP contribution in [0.3, 0.4) is 0 Å². The van der Waals surface area contributed by atoms with Crippen molar-refractivity contribution < 1.29 is 14.3 Å². The quantitative estimate of drug-likeness (QED) is 0.471. The Morgan fingerprint density at radius 2 is 2.12 bits per heavy atom. The standard InChI is InChI=1S/C17H19BrClN3O4/c1-11(23)26-6-2-4-20-5-3-12(24)9-22-10-21-16-8-14(18)15(19)7-13(16)17(22)25/h7-8,10,20H,2-6,9H2,1H3. The second-order valence-electron chi connectivity index (χ2n) is 5.69. The number of nitrogens with one attached hydrogen (secondary N) is 1. The van der Waals surface area contributed by atoms with Gasteiger partial charge in [-0.3, -0.25) is 19.0 Å². The van der Waals surface area contributed by atoms with E-state index in [1.54, 1.807) is 12.1 Å². The van der Waals surface area contributed by atoms with Gasteiger partial charge in [0.25, 0.3) is 5.56 Å². The molecule has 0 bridgehead atoms. The number of benzene rings is 1. The first-order valence-electron chi connectivity index (χ1n) is 8.08. The molecule has 7 nitrogen and oxygen atoms in total. The number of carbonyl (C=O) groups excluding carboxylic acids is 2. The Kier molecular flexibility index (Phi) is 7.74. The first-order valence-corrected chi connectivity index (χ1v) is 9.25. The summed E-state index contributed by atoms with van der Waals surface area (Å²) in [4.78, 5) is 39.4. The summed E-state index contributed by atoms with van der Waals surface area (Å²) in [5.41, 5.74) is 0.219. The number of halogens is 2. The van der Waals surface area contributed by atoms with Crippen molar-refractivity contribution in [3.63, 3.8) is 0 Å². The second-order valence-corrected chi connectivity index (χ2v) is 6.95. The fourth-order valence-electron chi connectivity index (χ4n) is 2.30. The van der Waals surface area contributed by atoms with Crippen LogP contribution < -0.4 is 10.9 Å². The van der Waals surface area contributed by atoms with E-state index in [1.165, 1.54) is 17.8 Å². The summed E-state index contributed by atoms with van der Waals surface area (Å²) in [6.45, 7) is 2.82. The third kappa shape index (κ3) is 5.89. The van der Waals surface area contributed by atoms with Crippen molar-refractivity contribution in [1.29, 1.82) is 0 Å². The maximum Gasteiger partial charge on any atom is 0.302 e. The molecule has 0 radical (unpaired) electrons. The highest BCUT2D eigenvalue weighted by molar-refractivity contribution is 9.10. The summed E-state index contributed by atoms with van der Waals surface area (Å²) in [7, 11) is 0. The molecule has 0 aliphatic rings. The molecule has 0 atom stereocenters. The van der Waals surface area contributed by atoms with Crippen molar-refractivity contribution >= 4 is 50.2 Å². The van der Waals surface area contributed by atoms with Gasteiger partial charge in [0, 0.05) is 24.4 Å². The number of nitrogens with zero attached hydrogens (tertiary/aromatic N) is 2. The van der Waals surface area contributed by atoms with E-state index >= 15 is 0 Å². The zero-order chi connectivity index (χ0) is 19.1. The summed E-state index contributed by atoms with van der Waals surface area (Å²) >= 11 is 9.32. The molecule has 0 fully saturated rings. The smallest absolute Gasteiger partial charge is 0.302 e. The molecule has 2 rings (SSSR count). The number of rotatable bonds is 9. The van der Waals surface area contributed by atoms with E-state index in [0.29, 0.717) is 52.9 Å². The molecule has 0 saturated carbocycles. The first-order chi connectivity index (χ1) is 12.4. The van der Waals surface area contributed by atoms with E-state index in [0.717, 1.165) is 0 Å². The third-order valence-electron chi connectivity index (χ3n) is 3.60. The van der Waals surface area contributed by atoms with E-state index in [1.807, 2.05) is 0 Å². The number of carbonyl (C=O) groups is 2. The predicted octanol–water partition coefficient (Wildman–Crippen LogP) is 2.31. The summed E-state index contributed by atoms with van der Waals surface area (Å²) < 4.78 is 6.76. The monoisotopic (exact) mass is 443 g/mol. The molecule has 140 valence electrons. The minimum absolute atomic E-state index is 0.0371. The van der Waals surface area contributed by atoms with Crippen LogP contribution in [0.15, 0.2) is 27.7 Å². The van der Waals surface area contributed by atoms with Gasteiger partial charge in [-0.1, -0.05) is 11.6 Å². The number of hydrogen-bond donors (Lipinski definition) is 1. The number of Topliss-reactive ketones (excluding diaryl/α,β-unsaturated/α-hetero) is 1. The number of esters is 1. The number of aromatic nitrogens is 2. The zero-order valence-electron chi connectivity index (χ0n) is 14.3. The molecule has 26 heavy (non-hydrogen) atoms. The van der Waals surface area contributed by atoms with Gasteiger partial charge in [-0.05, 0) is 41.0 Å². The van der Waals surface area contributed by atoms with E-state index in [4.69, 9.17) is 16.3 Å². The lowest BCUT2D eigenvalue weighted by molar-refractivity contribution is -0.141. The lowest BCUT2D eigenvalue weighted by atomic mass is 10.2. The molecule has 1 aromatic heterocycles. The van der Waals surface area contributed by atoms with E-state index < -0.39 is 0 Å². The van der Waals surface area contributed by atoms with Crippen molar-refractivity contribution in [3.05, 3.63) is 38.3 Å². The van der Waals surface area contributed by atoms with Crippen molar-refractivity contribution in [2.75, 3.05) is 19.7 Å². The van der Waals surface area contributed by atoms with Gasteiger partial charge in [-0.2, -0.15) is 0 Å². The molecule has 2 aromatic rings. The van der Waals surface area contributed by atoms with Gasteiger partial charge in [-0.15, -0.1) is 0 Å². The van der Waals surface area contributed by atoms with Crippen LogP contribution in [0, 0.1) is 0 Å². The van der Waals surface area contributed by atoms with Crippen LogP contribution in [0.2, 0.25) is 5.02 Å². The van der Waals surface area contributed by atoms with Gasteiger partial charge in [0.1, 0.15) is 0 Å². The van der Waals surface area contributed by atoms with Crippen LogP contribution in [0.5, 0.6) is 0 Å². The predicted molar refractivity (Wildman–Crippen MR) is 102 cm³/mol. The average molecular weight is 445 g/mol. The summed E-state index contributed by atoms with van der Waals surface area (Å²) in [5, 5.41) is 3.88. The Bertz CT molecular complexity index is 869. The van der Waals surface area contributed by atoms with Crippen LogP contribution in [0.1, 0.15) is 19.8 Å². The highest BCUT2D eigenvalue weighted by atomic mass is 79.9. The molecule has 1 aromatic carbocycles. The number of hydrogen-bond acceptors (Lipinski definition) is 6. The van der Waals surface area contributed by atoms with E-state index in [9.17, 15) is 14.4 Å². The van der Waals surface area contributed by atoms with Crippen LogP contribution in [-0.4, -0.2) is 41.0 Å². The molecule has 0 unspecified atom stereocenters. The topological polar surface area (TPSA) is 90.3 Å². The third-order valence-corrected chi connectivity index (χ3v) is 4.79. The Balaban J connectivity index is 1.85. The number of ketones is 1. The summed E-state index contributed by atoms with van der Waals surface area (Å²) in [6, 6.07) is 3.22. The lowest BCUT2D eigenvalue weighted by Crippen LogP contribution is -2.27. The fraction of sp³-hybridized carbons (Fsp3) is 0.412. The van der Waals surface area contributed by atoms with Crippen LogP contribution in [0.4, 0.5) is 0 Å². The zero-order valence-corrected chi connectivity index (χ0v) is 16.6. The van der Waals surface area contributed by atoms with E-state index in [2.05, 4.69) is 26.2 Å². The maximum absolute atomic E-state index is 12.5. The Morgan fingerprint density at radius 1 is 1.35 bits per heavy atom. The van der Waals surface area contributed by atoms with Gasteiger partial charge >= 0.3 is 5.97 Å². The van der Waals surface area contributed by atoms with Crippen molar-refractivity contribution in [2.45, 2.75) is 26.3 Å². The molecule has 0 saturated heterocycles. The molecular formula is C17H19BrClN3O4. The number of fused-ring (bicyclic) bond motifs is 1.